The van der Waals surface area contributed by atoms with E-state index in [-0.39, 0.29) is 10.6 Å². The fourth-order valence-electron chi connectivity index (χ4n) is 2.21. The molecule has 0 aromatic heterocycles. The van der Waals surface area contributed by atoms with Crippen molar-refractivity contribution in [3.8, 4) is 0 Å². The number of oxime groups is 1. The molecule has 0 N–H and O–H groups in total. The monoisotopic (exact) mass is 234 g/mol. The SMILES string of the molecule is CO/N=C1/CCCCc2c1cccc2[N+](=O)[O-]. The minimum atomic E-state index is -0.325. The molecule has 0 heterocycles. The fraction of sp³-hybridized carbons (Fsp3) is 0.417. The number of fused-ring (bicyclic) bond motifs is 1. The molecule has 0 spiro atoms. The highest BCUT2D eigenvalue weighted by Gasteiger charge is 2.22. The number of nitro groups is 1. The van der Waals surface area contributed by atoms with Crippen molar-refractivity contribution in [3.05, 3.63) is 39.4 Å². The Kier molecular flexibility index (Phi) is 3.37. The quantitative estimate of drug-likeness (QED) is 0.449. The van der Waals surface area contributed by atoms with Crippen molar-refractivity contribution < 1.29 is 9.76 Å². The molecule has 0 fully saturated rings. The van der Waals surface area contributed by atoms with Crippen molar-refractivity contribution in [3.63, 3.8) is 0 Å². The lowest BCUT2D eigenvalue weighted by molar-refractivity contribution is -0.385. The van der Waals surface area contributed by atoms with Gasteiger partial charge in [-0.3, -0.25) is 10.1 Å². The van der Waals surface area contributed by atoms with Crippen LogP contribution >= 0.6 is 0 Å². The summed E-state index contributed by atoms with van der Waals surface area (Å²) in [6.45, 7) is 0. The van der Waals surface area contributed by atoms with Gasteiger partial charge in [0.05, 0.1) is 10.6 Å². The van der Waals surface area contributed by atoms with E-state index in [0.717, 1.165) is 42.5 Å². The highest BCUT2D eigenvalue weighted by Crippen LogP contribution is 2.28. The Morgan fingerprint density at radius 2 is 2.12 bits per heavy atom. The van der Waals surface area contributed by atoms with Gasteiger partial charge in [0.15, 0.2) is 0 Å². The Labute approximate surface area is 99.2 Å². The Bertz CT molecular complexity index is 469. The lowest BCUT2D eigenvalue weighted by Crippen LogP contribution is -2.05. The highest BCUT2D eigenvalue weighted by molar-refractivity contribution is 6.02. The summed E-state index contributed by atoms with van der Waals surface area (Å²) < 4.78 is 0. The number of hydrogen-bond acceptors (Lipinski definition) is 4. The normalized spacial score (nSPS) is 17.4. The first kappa shape index (κ1) is 11.6. The summed E-state index contributed by atoms with van der Waals surface area (Å²) in [4.78, 5) is 15.5. The van der Waals surface area contributed by atoms with Gasteiger partial charge in [0.25, 0.3) is 5.69 Å². The van der Waals surface area contributed by atoms with Crippen molar-refractivity contribution >= 4 is 11.4 Å². The maximum absolute atomic E-state index is 11.0. The van der Waals surface area contributed by atoms with Gasteiger partial charge in [-0.05, 0) is 25.7 Å². The predicted molar refractivity (Wildman–Crippen MR) is 64.2 cm³/mol. The van der Waals surface area contributed by atoms with Gasteiger partial charge in [-0.15, -0.1) is 0 Å². The average molecular weight is 234 g/mol. The molecule has 0 radical (unpaired) electrons. The summed E-state index contributed by atoms with van der Waals surface area (Å²) in [5.41, 5.74) is 2.64. The van der Waals surface area contributed by atoms with Crippen molar-refractivity contribution in [2.24, 2.45) is 5.16 Å². The van der Waals surface area contributed by atoms with E-state index in [1.807, 2.05) is 6.07 Å². The van der Waals surface area contributed by atoms with Gasteiger partial charge < -0.3 is 4.84 Å². The molecule has 0 amide bonds. The van der Waals surface area contributed by atoms with Crippen molar-refractivity contribution in [1.29, 1.82) is 0 Å². The Morgan fingerprint density at radius 1 is 1.35 bits per heavy atom. The van der Waals surface area contributed by atoms with E-state index in [0.29, 0.717) is 0 Å². The summed E-state index contributed by atoms with van der Waals surface area (Å²) in [7, 11) is 1.49. The van der Waals surface area contributed by atoms with E-state index < -0.39 is 0 Å². The summed E-state index contributed by atoms with van der Waals surface area (Å²) >= 11 is 0. The van der Waals surface area contributed by atoms with Crippen molar-refractivity contribution in [2.45, 2.75) is 25.7 Å². The van der Waals surface area contributed by atoms with Crippen LogP contribution in [0.3, 0.4) is 0 Å². The van der Waals surface area contributed by atoms with Crippen LogP contribution in [0, 0.1) is 10.1 Å². The van der Waals surface area contributed by atoms with E-state index >= 15 is 0 Å². The van der Waals surface area contributed by atoms with Crippen molar-refractivity contribution in [2.75, 3.05) is 7.11 Å². The smallest absolute Gasteiger partial charge is 0.273 e. The molecule has 1 aliphatic rings. The molecule has 0 bridgehead atoms. The molecule has 1 aromatic carbocycles. The van der Waals surface area contributed by atoms with Gasteiger partial charge in [-0.2, -0.15) is 0 Å². The van der Waals surface area contributed by atoms with E-state index in [1.165, 1.54) is 7.11 Å². The maximum Gasteiger partial charge on any atom is 0.273 e. The van der Waals surface area contributed by atoms with Crippen LogP contribution in [0.1, 0.15) is 30.4 Å². The van der Waals surface area contributed by atoms with Gasteiger partial charge in [0.2, 0.25) is 0 Å². The lowest BCUT2D eigenvalue weighted by Gasteiger charge is -2.07. The molecule has 0 saturated carbocycles. The van der Waals surface area contributed by atoms with Gasteiger partial charge in [0, 0.05) is 17.2 Å². The molecular weight excluding hydrogens is 220 g/mol. The molecule has 5 nitrogen and oxygen atoms in total. The third-order valence-corrected chi connectivity index (χ3v) is 2.95. The van der Waals surface area contributed by atoms with Crippen LogP contribution in [0.5, 0.6) is 0 Å². The molecule has 0 aliphatic heterocycles. The number of nitro benzene ring substituents is 1. The van der Waals surface area contributed by atoms with Gasteiger partial charge >= 0.3 is 0 Å². The van der Waals surface area contributed by atoms with Crippen LogP contribution in [0.4, 0.5) is 5.69 Å². The molecular formula is C12H14N2O3. The van der Waals surface area contributed by atoms with E-state index in [2.05, 4.69) is 5.16 Å². The van der Waals surface area contributed by atoms with Crippen LogP contribution in [0.2, 0.25) is 0 Å². The van der Waals surface area contributed by atoms with E-state index in [1.54, 1.807) is 12.1 Å². The standard InChI is InChI=1S/C12H14N2O3/c1-17-13-11-7-3-2-5-10-9(11)6-4-8-12(10)14(15)16/h4,6,8H,2-3,5,7H2,1H3/b13-11-. The Hall–Kier alpha value is -1.91. The molecule has 1 aromatic rings. The summed E-state index contributed by atoms with van der Waals surface area (Å²) in [5.74, 6) is 0. The third-order valence-electron chi connectivity index (χ3n) is 2.95. The van der Waals surface area contributed by atoms with E-state index in [9.17, 15) is 10.1 Å². The molecule has 2 rings (SSSR count). The third kappa shape index (κ3) is 2.27. The topological polar surface area (TPSA) is 64.7 Å². The Morgan fingerprint density at radius 3 is 2.82 bits per heavy atom. The van der Waals surface area contributed by atoms with Crippen molar-refractivity contribution in [1.82, 2.24) is 0 Å². The zero-order chi connectivity index (χ0) is 12.3. The largest absolute Gasteiger partial charge is 0.399 e. The summed E-state index contributed by atoms with van der Waals surface area (Å²) in [5, 5.41) is 15.0. The van der Waals surface area contributed by atoms with Gasteiger partial charge in [0.1, 0.15) is 7.11 Å². The molecule has 90 valence electrons. The molecule has 0 saturated heterocycles. The second kappa shape index (κ2) is 4.95. The summed E-state index contributed by atoms with van der Waals surface area (Å²) in [6.07, 6.45) is 3.46. The molecule has 5 heteroatoms. The van der Waals surface area contributed by atoms with Crippen LogP contribution in [0.25, 0.3) is 0 Å². The zero-order valence-electron chi connectivity index (χ0n) is 9.68. The van der Waals surface area contributed by atoms with Crippen LogP contribution < -0.4 is 0 Å². The zero-order valence-corrected chi connectivity index (χ0v) is 9.68. The Balaban J connectivity index is 2.56. The fourth-order valence-corrected chi connectivity index (χ4v) is 2.21. The first-order chi connectivity index (χ1) is 8.24. The summed E-state index contributed by atoms with van der Waals surface area (Å²) in [6, 6.07) is 5.13. The minimum absolute atomic E-state index is 0.188. The second-order valence-corrected chi connectivity index (χ2v) is 3.99. The average Bonchev–Trinajstić information content (AvgIpc) is 2.52. The number of hydrogen-bond donors (Lipinski definition) is 0. The van der Waals surface area contributed by atoms with Crippen LogP contribution in [-0.2, 0) is 11.3 Å². The first-order valence-electron chi connectivity index (χ1n) is 5.60. The minimum Gasteiger partial charge on any atom is -0.399 e. The highest BCUT2D eigenvalue weighted by atomic mass is 16.6. The molecule has 0 atom stereocenters. The number of benzene rings is 1. The number of nitrogens with zero attached hydrogens (tertiary/aromatic N) is 2. The van der Waals surface area contributed by atoms with E-state index in [4.69, 9.17) is 4.84 Å². The van der Waals surface area contributed by atoms with Gasteiger partial charge in [-0.25, -0.2) is 0 Å². The van der Waals surface area contributed by atoms with Gasteiger partial charge in [-0.1, -0.05) is 17.3 Å². The number of rotatable bonds is 2. The lowest BCUT2D eigenvalue weighted by atomic mass is 10.00. The van der Waals surface area contributed by atoms with Crippen LogP contribution in [0.15, 0.2) is 23.4 Å². The maximum atomic E-state index is 11.0. The molecule has 1 aliphatic carbocycles. The molecule has 17 heavy (non-hydrogen) atoms. The first-order valence-corrected chi connectivity index (χ1v) is 5.60. The second-order valence-electron chi connectivity index (χ2n) is 3.99. The predicted octanol–water partition coefficient (Wildman–Crippen LogP) is 2.67. The molecule has 0 unspecified atom stereocenters. The van der Waals surface area contributed by atoms with Crippen LogP contribution in [-0.4, -0.2) is 17.7 Å².